The van der Waals surface area contributed by atoms with Crippen molar-refractivity contribution in [2.24, 2.45) is 11.3 Å². The minimum atomic E-state index is 0.124. The minimum Gasteiger partial charge on any atom is -0.399 e. The number of benzene rings is 1. The lowest BCUT2D eigenvalue weighted by Crippen LogP contribution is -2.37. The standard InChI is InChI=1S/C15H22N2O/c1-15(2)10-4-5-13(15)14(18)17(3)12-8-6-11(16)7-9-12/h6-9,13H,4-5,10,16H2,1-3H3. The Bertz CT molecular complexity index is 436. The summed E-state index contributed by atoms with van der Waals surface area (Å²) in [4.78, 5) is 14.3. The molecule has 0 bridgehead atoms. The van der Waals surface area contributed by atoms with Gasteiger partial charge in [-0.2, -0.15) is 0 Å². The van der Waals surface area contributed by atoms with Gasteiger partial charge in [-0.25, -0.2) is 0 Å². The van der Waals surface area contributed by atoms with Crippen LogP contribution < -0.4 is 10.6 Å². The van der Waals surface area contributed by atoms with E-state index in [4.69, 9.17) is 5.73 Å². The Kier molecular flexibility index (Phi) is 3.33. The average molecular weight is 246 g/mol. The van der Waals surface area contributed by atoms with Gasteiger partial charge in [0.1, 0.15) is 0 Å². The number of amides is 1. The van der Waals surface area contributed by atoms with Crippen LogP contribution >= 0.6 is 0 Å². The summed E-state index contributed by atoms with van der Waals surface area (Å²) in [6.45, 7) is 4.39. The highest BCUT2D eigenvalue weighted by Crippen LogP contribution is 2.43. The Morgan fingerprint density at radius 1 is 1.33 bits per heavy atom. The number of carbonyl (C=O) groups excluding carboxylic acids is 1. The van der Waals surface area contributed by atoms with Crippen molar-refractivity contribution < 1.29 is 4.79 Å². The molecule has 1 aliphatic carbocycles. The van der Waals surface area contributed by atoms with E-state index in [0.717, 1.165) is 30.6 Å². The highest BCUT2D eigenvalue weighted by atomic mass is 16.2. The van der Waals surface area contributed by atoms with Gasteiger partial charge in [-0.1, -0.05) is 20.3 Å². The molecule has 1 aromatic carbocycles. The molecule has 1 unspecified atom stereocenters. The molecule has 0 spiro atoms. The number of anilines is 2. The lowest BCUT2D eigenvalue weighted by Gasteiger charge is -2.30. The SMILES string of the molecule is CN(C(=O)C1CCCC1(C)C)c1ccc(N)cc1. The fourth-order valence-electron chi connectivity index (χ4n) is 2.84. The van der Waals surface area contributed by atoms with Crippen molar-refractivity contribution in [1.82, 2.24) is 0 Å². The second-order valence-corrected chi connectivity index (χ2v) is 5.92. The molecule has 1 fully saturated rings. The summed E-state index contributed by atoms with van der Waals surface area (Å²) in [7, 11) is 1.85. The third kappa shape index (κ3) is 2.35. The first kappa shape index (κ1) is 12.9. The summed E-state index contributed by atoms with van der Waals surface area (Å²) in [5.41, 5.74) is 7.43. The monoisotopic (exact) mass is 246 g/mol. The first-order chi connectivity index (χ1) is 8.42. The Balaban J connectivity index is 2.16. The van der Waals surface area contributed by atoms with Crippen LogP contribution in [0, 0.1) is 11.3 Å². The molecule has 1 saturated carbocycles. The van der Waals surface area contributed by atoms with Crippen LogP contribution in [0.15, 0.2) is 24.3 Å². The molecule has 1 atom stereocenters. The van der Waals surface area contributed by atoms with Crippen molar-refractivity contribution in [2.75, 3.05) is 17.7 Å². The Morgan fingerprint density at radius 2 is 1.94 bits per heavy atom. The van der Waals surface area contributed by atoms with E-state index in [0.29, 0.717) is 0 Å². The summed E-state index contributed by atoms with van der Waals surface area (Å²) in [6, 6.07) is 7.46. The van der Waals surface area contributed by atoms with Crippen molar-refractivity contribution >= 4 is 17.3 Å². The van der Waals surface area contributed by atoms with Gasteiger partial charge in [0.25, 0.3) is 0 Å². The molecule has 1 amide bonds. The summed E-state index contributed by atoms with van der Waals surface area (Å²) in [6.07, 6.45) is 3.29. The number of hydrogen-bond donors (Lipinski definition) is 1. The second-order valence-electron chi connectivity index (χ2n) is 5.92. The normalized spacial score (nSPS) is 21.8. The van der Waals surface area contributed by atoms with Crippen LogP contribution in [0.1, 0.15) is 33.1 Å². The van der Waals surface area contributed by atoms with Crippen molar-refractivity contribution in [1.29, 1.82) is 0 Å². The number of nitrogens with two attached hydrogens (primary N) is 1. The van der Waals surface area contributed by atoms with Gasteiger partial charge in [0.05, 0.1) is 0 Å². The quantitative estimate of drug-likeness (QED) is 0.815. The predicted octanol–water partition coefficient (Wildman–Crippen LogP) is 3.06. The van der Waals surface area contributed by atoms with Crippen LogP contribution in [-0.2, 0) is 4.79 Å². The van der Waals surface area contributed by atoms with Gasteiger partial charge < -0.3 is 10.6 Å². The number of carbonyl (C=O) groups is 1. The van der Waals surface area contributed by atoms with Gasteiger partial charge in [-0.15, -0.1) is 0 Å². The number of rotatable bonds is 2. The summed E-state index contributed by atoms with van der Waals surface area (Å²) in [5.74, 6) is 0.363. The fraction of sp³-hybridized carbons (Fsp3) is 0.533. The zero-order valence-electron chi connectivity index (χ0n) is 11.4. The summed E-state index contributed by atoms with van der Waals surface area (Å²) < 4.78 is 0. The molecule has 0 radical (unpaired) electrons. The average Bonchev–Trinajstić information content (AvgIpc) is 2.68. The zero-order chi connectivity index (χ0) is 13.3. The van der Waals surface area contributed by atoms with Crippen LogP contribution in [-0.4, -0.2) is 13.0 Å². The van der Waals surface area contributed by atoms with Crippen LogP contribution in [0.2, 0.25) is 0 Å². The van der Waals surface area contributed by atoms with Crippen molar-refractivity contribution in [3.63, 3.8) is 0 Å². The highest BCUT2D eigenvalue weighted by molar-refractivity contribution is 5.95. The van der Waals surface area contributed by atoms with Crippen molar-refractivity contribution in [3.8, 4) is 0 Å². The topological polar surface area (TPSA) is 46.3 Å². The highest BCUT2D eigenvalue weighted by Gasteiger charge is 2.40. The lowest BCUT2D eigenvalue weighted by atomic mass is 9.81. The summed E-state index contributed by atoms with van der Waals surface area (Å²) >= 11 is 0. The van der Waals surface area contributed by atoms with Crippen LogP contribution in [0.25, 0.3) is 0 Å². The maximum atomic E-state index is 12.5. The van der Waals surface area contributed by atoms with Gasteiger partial charge in [0.15, 0.2) is 0 Å². The third-order valence-corrected chi connectivity index (χ3v) is 4.17. The van der Waals surface area contributed by atoms with Gasteiger partial charge in [0.2, 0.25) is 5.91 Å². The van der Waals surface area contributed by atoms with E-state index < -0.39 is 0 Å². The first-order valence-corrected chi connectivity index (χ1v) is 6.55. The summed E-state index contributed by atoms with van der Waals surface area (Å²) in [5, 5.41) is 0. The number of nitrogens with zero attached hydrogens (tertiary/aromatic N) is 1. The van der Waals surface area contributed by atoms with E-state index in [1.165, 1.54) is 0 Å². The Morgan fingerprint density at radius 3 is 2.44 bits per heavy atom. The maximum Gasteiger partial charge on any atom is 0.230 e. The molecular weight excluding hydrogens is 224 g/mol. The van der Waals surface area contributed by atoms with E-state index in [2.05, 4.69) is 13.8 Å². The number of nitrogen functional groups attached to an aromatic ring is 1. The van der Waals surface area contributed by atoms with E-state index in [1.54, 1.807) is 4.90 Å². The molecule has 0 saturated heterocycles. The van der Waals surface area contributed by atoms with Gasteiger partial charge in [-0.05, 0) is 42.5 Å². The van der Waals surface area contributed by atoms with Crippen molar-refractivity contribution in [2.45, 2.75) is 33.1 Å². The van der Waals surface area contributed by atoms with Gasteiger partial charge >= 0.3 is 0 Å². The lowest BCUT2D eigenvalue weighted by molar-refractivity contribution is -0.124. The Labute approximate surface area is 109 Å². The molecule has 0 heterocycles. The second kappa shape index (κ2) is 4.63. The Hall–Kier alpha value is -1.51. The molecule has 18 heavy (non-hydrogen) atoms. The maximum absolute atomic E-state index is 12.5. The zero-order valence-corrected chi connectivity index (χ0v) is 11.4. The molecule has 2 N–H and O–H groups in total. The van der Waals surface area contributed by atoms with E-state index in [1.807, 2.05) is 31.3 Å². The molecule has 0 aromatic heterocycles. The molecule has 0 aliphatic heterocycles. The largest absolute Gasteiger partial charge is 0.399 e. The molecule has 2 rings (SSSR count). The molecule has 1 aromatic rings. The van der Waals surface area contributed by atoms with Gasteiger partial charge in [-0.3, -0.25) is 4.79 Å². The van der Waals surface area contributed by atoms with E-state index >= 15 is 0 Å². The molecule has 98 valence electrons. The molecule has 3 heteroatoms. The molecule has 1 aliphatic rings. The number of hydrogen-bond acceptors (Lipinski definition) is 2. The van der Waals surface area contributed by atoms with E-state index in [-0.39, 0.29) is 17.2 Å². The smallest absolute Gasteiger partial charge is 0.230 e. The predicted molar refractivity (Wildman–Crippen MR) is 75.4 cm³/mol. The minimum absolute atomic E-state index is 0.124. The third-order valence-electron chi connectivity index (χ3n) is 4.17. The van der Waals surface area contributed by atoms with E-state index in [9.17, 15) is 4.79 Å². The van der Waals surface area contributed by atoms with Crippen LogP contribution in [0.4, 0.5) is 11.4 Å². The fourth-order valence-corrected chi connectivity index (χ4v) is 2.84. The van der Waals surface area contributed by atoms with Crippen molar-refractivity contribution in [3.05, 3.63) is 24.3 Å². The molecular formula is C15H22N2O. The van der Waals surface area contributed by atoms with Crippen LogP contribution in [0.3, 0.4) is 0 Å². The van der Waals surface area contributed by atoms with Crippen LogP contribution in [0.5, 0.6) is 0 Å². The first-order valence-electron chi connectivity index (χ1n) is 6.55. The van der Waals surface area contributed by atoms with Gasteiger partial charge in [0, 0.05) is 24.3 Å². The molecule has 3 nitrogen and oxygen atoms in total.